The molecule has 0 spiro atoms. The third kappa shape index (κ3) is 2.50. The smallest absolute Gasteiger partial charge is 0.360 e. The molecule has 100 valence electrons. The summed E-state index contributed by atoms with van der Waals surface area (Å²) < 4.78 is 6.18. The summed E-state index contributed by atoms with van der Waals surface area (Å²) >= 11 is 1.33. The highest BCUT2D eigenvalue weighted by Crippen LogP contribution is 2.22. The van der Waals surface area contributed by atoms with Crippen LogP contribution < -0.4 is 5.32 Å². The first kappa shape index (κ1) is 13.3. The SMILES string of the molecule is COC(=O)c1nn(C)c(C)c1NC(=O)c1cccs1. The summed E-state index contributed by atoms with van der Waals surface area (Å²) in [5, 5.41) is 8.56. The molecule has 2 heterocycles. The van der Waals surface area contributed by atoms with Crippen LogP contribution in [0.3, 0.4) is 0 Å². The van der Waals surface area contributed by atoms with Crippen LogP contribution in [-0.2, 0) is 11.8 Å². The van der Waals surface area contributed by atoms with E-state index in [1.54, 1.807) is 26.1 Å². The molecule has 0 radical (unpaired) electrons. The van der Waals surface area contributed by atoms with Crippen LogP contribution in [0.15, 0.2) is 17.5 Å². The number of hydrogen-bond acceptors (Lipinski definition) is 5. The normalized spacial score (nSPS) is 10.3. The number of aromatic nitrogens is 2. The molecule has 7 heteroatoms. The number of carbonyl (C=O) groups excluding carboxylic acids is 2. The molecular weight excluding hydrogens is 266 g/mol. The molecule has 6 nitrogen and oxygen atoms in total. The maximum Gasteiger partial charge on any atom is 0.360 e. The van der Waals surface area contributed by atoms with Crippen LogP contribution in [0.1, 0.15) is 25.9 Å². The van der Waals surface area contributed by atoms with Gasteiger partial charge in [0.1, 0.15) is 0 Å². The van der Waals surface area contributed by atoms with Gasteiger partial charge >= 0.3 is 5.97 Å². The van der Waals surface area contributed by atoms with Crippen LogP contribution in [0.4, 0.5) is 5.69 Å². The van der Waals surface area contributed by atoms with Crippen molar-refractivity contribution in [1.82, 2.24) is 9.78 Å². The molecule has 0 saturated heterocycles. The van der Waals surface area contributed by atoms with Crippen molar-refractivity contribution in [2.75, 3.05) is 12.4 Å². The van der Waals surface area contributed by atoms with Gasteiger partial charge in [-0.25, -0.2) is 4.79 Å². The lowest BCUT2D eigenvalue weighted by Gasteiger charge is -2.04. The van der Waals surface area contributed by atoms with Gasteiger partial charge in [0.15, 0.2) is 5.69 Å². The zero-order valence-electron chi connectivity index (χ0n) is 10.8. The molecule has 0 aromatic carbocycles. The van der Waals surface area contributed by atoms with Crippen molar-refractivity contribution in [3.63, 3.8) is 0 Å². The first-order chi connectivity index (χ1) is 9.04. The molecule has 2 aromatic heterocycles. The lowest BCUT2D eigenvalue weighted by molar-refractivity contribution is 0.0594. The summed E-state index contributed by atoms with van der Waals surface area (Å²) in [7, 11) is 2.97. The van der Waals surface area contributed by atoms with Crippen LogP contribution in [-0.4, -0.2) is 28.8 Å². The minimum absolute atomic E-state index is 0.104. The monoisotopic (exact) mass is 279 g/mol. The topological polar surface area (TPSA) is 73.2 Å². The van der Waals surface area contributed by atoms with Crippen LogP contribution in [0.2, 0.25) is 0 Å². The zero-order chi connectivity index (χ0) is 14.0. The van der Waals surface area contributed by atoms with E-state index in [-0.39, 0.29) is 11.6 Å². The van der Waals surface area contributed by atoms with Crippen molar-refractivity contribution < 1.29 is 14.3 Å². The zero-order valence-corrected chi connectivity index (χ0v) is 11.6. The fraction of sp³-hybridized carbons (Fsp3) is 0.250. The molecule has 2 rings (SSSR count). The molecule has 19 heavy (non-hydrogen) atoms. The van der Waals surface area contributed by atoms with Gasteiger partial charge in [-0.3, -0.25) is 9.48 Å². The fourth-order valence-electron chi connectivity index (χ4n) is 1.58. The summed E-state index contributed by atoms with van der Waals surface area (Å²) in [4.78, 5) is 24.2. The summed E-state index contributed by atoms with van der Waals surface area (Å²) in [6, 6.07) is 3.50. The predicted octanol–water partition coefficient (Wildman–Crippen LogP) is 1.83. The van der Waals surface area contributed by atoms with E-state index >= 15 is 0 Å². The Morgan fingerprint density at radius 2 is 2.21 bits per heavy atom. The summed E-state index contributed by atoms with van der Waals surface area (Å²) in [5.41, 5.74) is 1.17. The number of esters is 1. The van der Waals surface area contributed by atoms with Gasteiger partial charge in [-0.05, 0) is 18.4 Å². The van der Waals surface area contributed by atoms with Crippen LogP contribution in [0, 0.1) is 6.92 Å². The Balaban J connectivity index is 2.34. The molecule has 0 bridgehead atoms. The lowest BCUT2D eigenvalue weighted by Crippen LogP contribution is -2.14. The van der Waals surface area contributed by atoms with Gasteiger partial charge in [-0.2, -0.15) is 5.10 Å². The molecule has 0 unspecified atom stereocenters. The van der Waals surface area contributed by atoms with Gasteiger partial charge in [0.05, 0.1) is 23.4 Å². The van der Waals surface area contributed by atoms with E-state index in [1.165, 1.54) is 23.1 Å². The van der Waals surface area contributed by atoms with Crippen molar-refractivity contribution in [3.05, 3.63) is 33.8 Å². The number of hydrogen-bond donors (Lipinski definition) is 1. The maximum atomic E-state index is 12.0. The van der Waals surface area contributed by atoms with Crippen molar-refractivity contribution in [2.24, 2.45) is 7.05 Å². The quantitative estimate of drug-likeness (QED) is 0.870. The number of thiophene rings is 1. The molecule has 1 N–H and O–H groups in total. The Bertz CT molecular complexity index is 616. The van der Waals surface area contributed by atoms with Gasteiger partial charge < -0.3 is 10.1 Å². The number of amides is 1. The number of aryl methyl sites for hydroxylation is 1. The van der Waals surface area contributed by atoms with Crippen LogP contribution in [0.25, 0.3) is 0 Å². The maximum absolute atomic E-state index is 12.0. The lowest BCUT2D eigenvalue weighted by atomic mass is 10.3. The van der Waals surface area contributed by atoms with Crippen molar-refractivity contribution in [1.29, 1.82) is 0 Å². The van der Waals surface area contributed by atoms with E-state index in [4.69, 9.17) is 0 Å². The van der Waals surface area contributed by atoms with Crippen LogP contribution >= 0.6 is 11.3 Å². The number of rotatable bonds is 3. The van der Waals surface area contributed by atoms with E-state index in [1.807, 2.05) is 5.38 Å². The van der Waals surface area contributed by atoms with Gasteiger partial charge in [0.2, 0.25) is 0 Å². The third-order valence-electron chi connectivity index (χ3n) is 2.70. The van der Waals surface area contributed by atoms with E-state index < -0.39 is 5.97 Å². The van der Waals surface area contributed by atoms with E-state index in [9.17, 15) is 9.59 Å². The van der Waals surface area contributed by atoms with Crippen molar-refractivity contribution >= 4 is 28.9 Å². The minimum Gasteiger partial charge on any atom is -0.464 e. The Morgan fingerprint density at radius 1 is 1.47 bits per heavy atom. The average Bonchev–Trinajstić information content (AvgIpc) is 3.01. The minimum atomic E-state index is -0.579. The van der Waals surface area contributed by atoms with Gasteiger partial charge in [-0.15, -0.1) is 11.3 Å². The summed E-state index contributed by atoms with van der Waals surface area (Å²) in [5.74, 6) is -0.846. The average molecular weight is 279 g/mol. The second-order valence-electron chi connectivity index (χ2n) is 3.86. The molecule has 2 aromatic rings. The van der Waals surface area contributed by atoms with E-state index in [2.05, 4.69) is 15.2 Å². The highest BCUT2D eigenvalue weighted by atomic mass is 32.1. The molecular formula is C12H13N3O3S. The first-order valence-corrected chi connectivity index (χ1v) is 6.39. The van der Waals surface area contributed by atoms with E-state index in [0.29, 0.717) is 16.3 Å². The number of carbonyl (C=O) groups is 2. The fourth-order valence-corrected chi connectivity index (χ4v) is 2.20. The number of ether oxygens (including phenoxy) is 1. The molecule has 0 atom stereocenters. The van der Waals surface area contributed by atoms with Crippen LogP contribution in [0.5, 0.6) is 0 Å². The van der Waals surface area contributed by atoms with Crippen molar-refractivity contribution in [2.45, 2.75) is 6.92 Å². The number of methoxy groups -OCH3 is 1. The molecule has 1 amide bonds. The largest absolute Gasteiger partial charge is 0.464 e. The molecule has 0 aliphatic rings. The van der Waals surface area contributed by atoms with E-state index in [0.717, 1.165) is 0 Å². The predicted molar refractivity (Wildman–Crippen MR) is 71.6 cm³/mol. The summed E-state index contributed by atoms with van der Waals surface area (Å²) in [6.07, 6.45) is 0. The second kappa shape index (κ2) is 5.23. The third-order valence-corrected chi connectivity index (χ3v) is 3.56. The summed E-state index contributed by atoms with van der Waals surface area (Å²) in [6.45, 7) is 1.77. The Hall–Kier alpha value is -2.15. The molecule has 0 saturated carbocycles. The van der Waals surface area contributed by atoms with Gasteiger partial charge in [0, 0.05) is 7.05 Å². The van der Waals surface area contributed by atoms with Gasteiger partial charge in [0.25, 0.3) is 5.91 Å². The number of anilines is 1. The van der Waals surface area contributed by atoms with Gasteiger partial charge in [-0.1, -0.05) is 6.07 Å². The molecule has 0 aliphatic carbocycles. The molecule has 0 fully saturated rings. The number of nitrogens with zero attached hydrogens (tertiary/aromatic N) is 2. The van der Waals surface area contributed by atoms with Crippen molar-refractivity contribution in [3.8, 4) is 0 Å². The second-order valence-corrected chi connectivity index (χ2v) is 4.80. The first-order valence-electron chi connectivity index (χ1n) is 5.51. The Morgan fingerprint density at radius 3 is 2.79 bits per heavy atom. The molecule has 0 aliphatic heterocycles. The standard InChI is InChI=1S/C12H13N3O3S/c1-7-9(10(12(17)18-3)14-15(7)2)13-11(16)8-5-4-6-19-8/h4-6H,1-3H3,(H,13,16). The highest BCUT2D eigenvalue weighted by molar-refractivity contribution is 7.12. The number of nitrogens with one attached hydrogen (secondary N) is 1. The Labute approximate surface area is 114 Å². The Kier molecular flexibility index (Phi) is 3.66. The highest BCUT2D eigenvalue weighted by Gasteiger charge is 2.22.